The second-order valence-electron chi connectivity index (χ2n) is 6.02. The van der Waals surface area contributed by atoms with Crippen LogP contribution in [0.3, 0.4) is 0 Å². The van der Waals surface area contributed by atoms with E-state index in [4.69, 9.17) is 0 Å². The summed E-state index contributed by atoms with van der Waals surface area (Å²) in [6, 6.07) is 0.0450. The highest BCUT2D eigenvalue weighted by Crippen LogP contribution is 2.18. The maximum Gasteiger partial charge on any atom is 0.221 e. The van der Waals surface area contributed by atoms with Crippen molar-refractivity contribution in [3.8, 4) is 0 Å². The number of nitrogens with zero attached hydrogens (tertiary/aromatic N) is 2. The van der Waals surface area contributed by atoms with E-state index in [-0.39, 0.29) is 23.5 Å². The van der Waals surface area contributed by atoms with Crippen LogP contribution in [-0.4, -0.2) is 55.3 Å². The fourth-order valence-electron chi connectivity index (χ4n) is 2.78. The Morgan fingerprint density at radius 1 is 1.48 bits per heavy atom. The minimum atomic E-state index is -2.88. The van der Waals surface area contributed by atoms with Gasteiger partial charge in [-0.3, -0.25) is 4.79 Å². The third kappa shape index (κ3) is 5.26. The lowest BCUT2D eigenvalue weighted by Gasteiger charge is -2.22. The van der Waals surface area contributed by atoms with Crippen molar-refractivity contribution in [2.75, 3.05) is 25.1 Å². The van der Waals surface area contributed by atoms with E-state index in [0.29, 0.717) is 25.9 Å². The summed E-state index contributed by atoms with van der Waals surface area (Å²) in [5.41, 5.74) is 1.06. The van der Waals surface area contributed by atoms with Crippen LogP contribution in [0.1, 0.15) is 35.3 Å². The standard InChI is InChI=1S/C15H25N3O3S2/c1-4-13-14(22-11(2)17-13)9-16-15(19)5-7-18(3)12-6-8-23(20,21)10-12/h12H,4-10H2,1-3H3,(H,16,19). The maximum absolute atomic E-state index is 12.0. The predicted octanol–water partition coefficient (Wildman–Crippen LogP) is 1.14. The van der Waals surface area contributed by atoms with Crippen molar-refractivity contribution in [1.82, 2.24) is 15.2 Å². The molecule has 2 rings (SSSR count). The molecule has 1 fully saturated rings. The molecule has 6 nitrogen and oxygen atoms in total. The molecule has 130 valence electrons. The number of amides is 1. The summed E-state index contributed by atoms with van der Waals surface area (Å²) in [7, 11) is -0.989. The minimum absolute atomic E-state index is 0.00851. The number of aryl methyl sites for hydroxylation is 2. The highest BCUT2D eigenvalue weighted by Gasteiger charge is 2.30. The number of hydrogen-bond acceptors (Lipinski definition) is 6. The lowest BCUT2D eigenvalue weighted by Crippen LogP contribution is -2.36. The fraction of sp³-hybridized carbons (Fsp3) is 0.733. The van der Waals surface area contributed by atoms with E-state index in [1.165, 1.54) is 0 Å². The number of carbonyl (C=O) groups is 1. The number of thiazole rings is 1. The SMILES string of the molecule is CCc1nc(C)sc1CNC(=O)CCN(C)C1CCS(=O)(=O)C1. The zero-order valence-electron chi connectivity index (χ0n) is 14.0. The molecule has 1 saturated heterocycles. The van der Waals surface area contributed by atoms with Crippen molar-refractivity contribution < 1.29 is 13.2 Å². The van der Waals surface area contributed by atoms with E-state index in [1.54, 1.807) is 11.3 Å². The Hall–Kier alpha value is -0.990. The van der Waals surface area contributed by atoms with Crippen molar-refractivity contribution in [2.45, 2.75) is 45.7 Å². The number of sulfone groups is 1. The van der Waals surface area contributed by atoms with Crippen LogP contribution in [-0.2, 0) is 27.6 Å². The molecule has 1 aromatic heterocycles. The Bertz CT molecular complexity index is 655. The van der Waals surface area contributed by atoms with Crippen molar-refractivity contribution in [1.29, 1.82) is 0 Å². The molecule has 1 amide bonds. The highest BCUT2D eigenvalue weighted by molar-refractivity contribution is 7.91. The van der Waals surface area contributed by atoms with Crippen LogP contribution >= 0.6 is 11.3 Å². The van der Waals surface area contributed by atoms with Gasteiger partial charge in [0.1, 0.15) is 0 Å². The summed E-state index contributed by atoms with van der Waals surface area (Å²) < 4.78 is 23.0. The van der Waals surface area contributed by atoms with Crippen molar-refractivity contribution >= 4 is 27.1 Å². The summed E-state index contributed by atoms with van der Waals surface area (Å²) >= 11 is 1.62. The van der Waals surface area contributed by atoms with Gasteiger partial charge < -0.3 is 10.2 Å². The van der Waals surface area contributed by atoms with Crippen LogP contribution < -0.4 is 5.32 Å². The normalized spacial score (nSPS) is 20.1. The van der Waals surface area contributed by atoms with Crippen molar-refractivity contribution in [3.05, 3.63) is 15.6 Å². The number of aromatic nitrogens is 1. The van der Waals surface area contributed by atoms with Crippen LogP contribution in [0, 0.1) is 6.92 Å². The summed E-state index contributed by atoms with van der Waals surface area (Å²) in [6.07, 6.45) is 1.92. The van der Waals surface area contributed by atoms with Gasteiger partial charge in [0.15, 0.2) is 9.84 Å². The van der Waals surface area contributed by atoms with Crippen molar-refractivity contribution in [2.24, 2.45) is 0 Å². The molecular formula is C15H25N3O3S2. The number of carbonyl (C=O) groups excluding carboxylic acids is 1. The molecule has 8 heteroatoms. The first-order chi connectivity index (χ1) is 10.8. The van der Waals surface area contributed by atoms with Gasteiger partial charge in [-0.2, -0.15) is 0 Å². The lowest BCUT2D eigenvalue weighted by molar-refractivity contribution is -0.121. The third-order valence-corrected chi connectivity index (χ3v) is 6.95. The quantitative estimate of drug-likeness (QED) is 0.790. The average molecular weight is 360 g/mol. The smallest absolute Gasteiger partial charge is 0.221 e. The van der Waals surface area contributed by atoms with Gasteiger partial charge in [-0.25, -0.2) is 13.4 Å². The number of nitrogens with one attached hydrogen (secondary N) is 1. The van der Waals surface area contributed by atoms with Gasteiger partial charge in [0.2, 0.25) is 5.91 Å². The molecule has 0 aliphatic carbocycles. The number of rotatable bonds is 7. The zero-order valence-corrected chi connectivity index (χ0v) is 15.6. The molecule has 23 heavy (non-hydrogen) atoms. The van der Waals surface area contributed by atoms with Crippen LogP contribution in [0.25, 0.3) is 0 Å². The summed E-state index contributed by atoms with van der Waals surface area (Å²) in [6.45, 7) is 5.13. The van der Waals surface area contributed by atoms with E-state index in [0.717, 1.165) is 22.0 Å². The molecule has 1 aliphatic heterocycles. The van der Waals surface area contributed by atoms with Gasteiger partial charge in [0.25, 0.3) is 0 Å². The van der Waals surface area contributed by atoms with E-state index in [2.05, 4.69) is 17.2 Å². The largest absolute Gasteiger partial charge is 0.351 e. The minimum Gasteiger partial charge on any atom is -0.351 e. The monoisotopic (exact) mass is 359 g/mol. The molecule has 1 N–H and O–H groups in total. The van der Waals surface area contributed by atoms with Gasteiger partial charge in [0, 0.05) is 23.9 Å². The fourth-order valence-corrected chi connectivity index (χ4v) is 5.55. The van der Waals surface area contributed by atoms with Crippen LogP contribution in [0.2, 0.25) is 0 Å². The van der Waals surface area contributed by atoms with Crippen molar-refractivity contribution in [3.63, 3.8) is 0 Å². The molecular weight excluding hydrogens is 334 g/mol. The lowest BCUT2D eigenvalue weighted by atomic mass is 10.2. The van der Waals surface area contributed by atoms with Gasteiger partial charge in [0.05, 0.1) is 28.8 Å². The summed E-state index contributed by atoms with van der Waals surface area (Å²) in [4.78, 5) is 19.6. The molecule has 0 saturated carbocycles. The van der Waals surface area contributed by atoms with Crippen LogP contribution in [0.4, 0.5) is 0 Å². The average Bonchev–Trinajstić information content (AvgIpc) is 3.04. The zero-order chi connectivity index (χ0) is 17.0. The Kier molecular flexibility index (Phi) is 6.16. The molecule has 2 heterocycles. The molecule has 1 aliphatic rings. The Labute approximate surface area is 142 Å². The first-order valence-electron chi connectivity index (χ1n) is 7.93. The van der Waals surface area contributed by atoms with Crippen LogP contribution in [0.5, 0.6) is 0 Å². The molecule has 0 aromatic carbocycles. The molecule has 1 unspecified atom stereocenters. The molecule has 0 bridgehead atoms. The van der Waals surface area contributed by atoms with Gasteiger partial charge >= 0.3 is 0 Å². The second-order valence-corrected chi connectivity index (χ2v) is 9.54. The van der Waals surface area contributed by atoms with E-state index < -0.39 is 9.84 Å². The Morgan fingerprint density at radius 2 is 2.22 bits per heavy atom. The molecule has 1 aromatic rings. The summed E-state index contributed by atoms with van der Waals surface area (Å²) in [5.74, 6) is 0.468. The second kappa shape index (κ2) is 7.72. The number of hydrogen-bond donors (Lipinski definition) is 1. The first-order valence-corrected chi connectivity index (χ1v) is 10.6. The van der Waals surface area contributed by atoms with Crippen LogP contribution in [0.15, 0.2) is 0 Å². The topological polar surface area (TPSA) is 79.4 Å². The third-order valence-electron chi connectivity index (χ3n) is 4.19. The van der Waals surface area contributed by atoms with Gasteiger partial charge in [-0.05, 0) is 26.8 Å². The predicted molar refractivity (Wildman–Crippen MR) is 92.4 cm³/mol. The molecule has 0 spiro atoms. The van der Waals surface area contributed by atoms with Gasteiger partial charge in [-0.15, -0.1) is 11.3 Å². The van der Waals surface area contributed by atoms with E-state index >= 15 is 0 Å². The highest BCUT2D eigenvalue weighted by atomic mass is 32.2. The van der Waals surface area contributed by atoms with E-state index in [9.17, 15) is 13.2 Å². The Balaban J connectivity index is 1.75. The Morgan fingerprint density at radius 3 is 2.83 bits per heavy atom. The molecule has 1 atom stereocenters. The van der Waals surface area contributed by atoms with Gasteiger partial charge in [-0.1, -0.05) is 6.92 Å². The van der Waals surface area contributed by atoms with E-state index in [1.807, 2.05) is 18.9 Å². The summed E-state index contributed by atoms with van der Waals surface area (Å²) in [5, 5.41) is 3.96. The molecule has 0 radical (unpaired) electrons. The first kappa shape index (κ1) is 18.4. The maximum atomic E-state index is 12.0.